The van der Waals surface area contributed by atoms with Crippen molar-refractivity contribution >= 4 is 21.6 Å². The summed E-state index contributed by atoms with van der Waals surface area (Å²) in [6.45, 7) is 3.63. The van der Waals surface area contributed by atoms with E-state index >= 15 is 0 Å². The summed E-state index contributed by atoms with van der Waals surface area (Å²) in [6, 6.07) is 13.8. The second-order valence-corrected chi connectivity index (χ2v) is 7.34. The molecule has 0 atom stereocenters. The Morgan fingerprint density at radius 3 is 2.62 bits per heavy atom. The molecule has 0 amide bonds. The monoisotopic (exact) mass is 343 g/mol. The summed E-state index contributed by atoms with van der Waals surface area (Å²) < 4.78 is 12.5. The van der Waals surface area contributed by atoms with Gasteiger partial charge in [-0.3, -0.25) is 0 Å². The third-order valence-electron chi connectivity index (χ3n) is 3.73. The summed E-state index contributed by atoms with van der Waals surface area (Å²) in [4.78, 5) is 4.48. The van der Waals surface area contributed by atoms with Crippen LogP contribution in [0.15, 0.2) is 42.5 Å². The van der Waals surface area contributed by atoms with Gasteiger partial charge >= 0.3 is 0 Å². The fourth-order valence-corrected chi connectivity index (χ4v) is 3.22. The van der Waals surface area contributed by atoms with E-state index in [0.29, 0.717) is 23.1 Å². The van der Waals surface area contributed by atoms with E-state index in [1.54, 1.807) is 7.11 Å². The van der Waals surface area contributed by atoms with E-state index in [4.69, 9.17) is 9.47 Å². The number of nitrogens with zero attached hydrogens (tertiary/aromatic N) is 1. The zero-order valence-corrected chi connectivity index (χ0v) is 14.9. The van der Waals surface area contributed by atoms with Gasteiger partial charge in [0.2, 0.25) is 0 Å². The molecule has 0 aliphatic heterocycles. The minimum Gasteiger partial charge on any atom is -0.493 e. The van der Waals surface area contributed by atoms with Crippen molar-refractivity contribution in [2.45, 2.75) is 32.3 Å². The molecular weight excluding hydrogens is 322 g/mol. The van der Waals surface area contributed by atoms with Crippen LogP contribution in [0.3, 0.4) is 0 Å². The van der Waals surface area contributed by atoms with E-state index in [0.717, 1.165) is 22.2 Å². The topological polar surface area (TPSA) is 51.6 Å². The number of thiazole rings is 1. The van der Waals surface area contributed by atoms with E-state index in [1.165, 1.54) is 11.3 Å². The van der Waals surface area contributed by atoms with Gasteiger partial charge in [-0.25, -0.2) is 4.98 Å². The van der Waals surface area contributed by atoms with E-state index in [2.05, 4.69) is 4.98 Å². The lowest BCUT2D eigenvalue weighted by Crippen LogP contribution is -2.19. The van der Waals surface area contributed by atoms with Gasteiger partial charge in [-0.05, 0) is 56.5 Å². The second-order valence-electron chi connectivity index (χ2n) is 6.35. The number of methoxy groups -OCH3 is 1. The highest BCUT2D eigenvalue weighted by molar-refractivity contribution is 7.20. The lowest BCUT2D eigenvalue weighted by atomic mass is 9.99. The number of para-hydroxylation sites is 1. The first-order valence-corrected chi connectivity index (χ1v) is 8.69. The van der Waals surface area contributed by atoms with E-state index in [1.807, 2.05) is 56.3 Å². The largest absolute Gasteiger partial charge is 0.493 e. The van der Waals surface area contributed by atoms with Crippen LogP contribution < -0.4 is 9.47 Å². The highest BCUT2D eigenvalue weighted by Crippen LogP contribution is 2.36. The zero-order chi connectivity index (χ0) is 17.2. The number of aliphatic hydroxyl groups is 1. The van der Waals surface area contributed by atoms with Crippen LogP contribution in [0.1, 0.15) is 25.8 Å². The van der Waals surface area contributed by atoms with Crippen molar-refractivity contribution in [3.8, 4) is 16.7 Å². The maximum atomic E-state index is 9.86. The lowest BCUT2D eigenvalue weighted by molar-refractivity contribution is 0.0714. The van der Waals surface area contributed by atoms with E-state index in [-0.39, 0.29) is 0 Å². The van der Waals surface area contributed by atoms with Crippen LogP contribution in [-0.4, -0.2) is 22.8 Å². The molecule has 1 heterocycles. The van der Waals surface area contributed by atoms with Crippen LogP contribution >= 0.6 is 11.3 Å². The van der Waals surface area contributed by atoms with Gasteiger partial charge in [-0.15, -0.1) is 0 Å². The van der Waals surface area contributed by atoms with Gasteiger partial charge < -0.3 is 14.6 Å². The van der Waals surface area contributed by atoms with E-state index < -0.39 is 5.60 Å². The summed E-state index contributed by atoms with van der Waals surface area (Å²) in [5.74, 6) is 1.31. The molecule has 0 spiro atoms. The molecule has 1 N–H and O–H groups in total. The lowest BCUT2D eigenvalue weighted by Gasteiger charge is -2.17. The Labute approximate surface area is 145 Å². The number of rotatable bonds is 6. The van der Waals surface area contributed by atoms with Gasteiger partial charge in [0.15, 0.2) is 11.5 Å². The van der Waals surface area contributed by atoms with Crippen LogP contribution in [0.4, 0.5) is 0 Å². The molecule has 3 aromatic rings. The van der Waals surface area contributed by atoms with Gasteiger partial charge in [0.25, 0.3) is 5.19 Å². The zero-order valence-electron chi connectivity index (χ0n) is 14.1. The van der Waals surface area contributed by atoms with Crippen molar-refractivity contribution in [1.29, 1.82) is 0 Å². The fourth-order valence-electron chi connectivity index (χ4n) is 2.39. The van der Waals surface area contributed by atoms with Gasteiger partial charge in [0, 0.05) is 0 Å². The fraction of sp³-hybridized carbons (Fsp3) is 0.316. The predicted molar refractivity (Wildman–Crippen MR) is 97.3 cm³/mol. The van der Waals surface area contributed by atoms with Crippen molar-refractivity contribution in [3.05, 3.63) is 48.0 Å². The third kappa shape index (κ3) is 4.04. The summed E-state index contributed by atoms with van der Waals surface area (Å²) in [6.07, 6.45) is 1.47. The number of fused-ring (bicyclic) bond motifs is 1. The first kappa shape index (κ1) is 16.7. The molecule has 0 saturated carbocycles. The average Bonchev–Trinajstić information content (AvgIpc) is 2.95. The van der Waals surface area contributed by atoms with E-state index in [9.17, 15) is 5.11 Å². The van der Waals surface area contributed by atoms with Crippen LogP contribution in [-0.2, 0) is 6.42 Å². The number of aromatic nitrogens is 1. The first-order valence-electron chi connectivity index (χ1n) is 7.87. The molecule has 126 valence electrons. The Morgan fingerprint density at radius 1 is 1.12 bits per heavy atom. The van der Waals surface area contributed by atoms with Crippen molar-refractivity contribution < 1.29 is 14.6 Å². The minimum atomic E-state index is -0.677. The van der Waals surface area contributed by atoms with Crippen molar-refractivity contribution in [2.24, 2.45) is 0 Å². The number of ether oxygens (including phenoxy) is 2. The summed E-state index contributed by atoms with van der Waals surface area (Å²) in [5, 5.41) is 10.5. The first-order chi connectivity index (χ1) is 11.4. The summed E-state index contributed by atoms with van der Waals surface area (Å²) in [5.41, 5.74) is 1.35. The molecule has 3 rings (SSSR count). The van der Waals surface area contributed by atoms with Crippen LogP contribution in [0.2, 0.25) is 0 Å². The van der Waals surface area contributed by atoms with Crippen LogP contribution in [0.5, 0.6) is 16.7 Å². The highest BCUT2D eigenvalue weighted by Gasteiger charge is 2.14. The van der Waals surface area contributed by atoms with Gasteiger partial charge in [0.1, 0.15) is 0 Å². The van der Waals surface area contributed by atoms with Gasteiger partial charge in [-0.2, -0.15) is 0 Å². The smallest absolute Gasteiger partial charge is 0.279 e. The minimum absolute atomic E-state index is 0.596. The molecule has 0 unspecified atom stereocenters. The van der Waals surface area contributed by atoms with Crippen molar-refractivity contribution in [2.75, 3.05) is 7.11 Å². The summed E-state index contributed by atoms with van der Waals surface area (Å²) >= 11 is 1.51. The molecule has 0 fully saturated rings. The van der Waals surface area contributed by atoms with Gasteiger partial charge in [-0.1, -0.05) is 29.5 Å². The quantitative estimate of drug-likeness (QED) is 0.698. The molecule has 2 aromatic carbocycles. The average molecular weight is 343 g/mol. The Hall–Kier alpha value is -2.11. The maximum Gasteiger partial charge on any atom is 0.279 e. The Kier molecular flexibility index (Phi) is 4.73. The SMILES string of the molecule is COc1cc(CCC(C)(C)O)ccc1Oc1nc2ccccc2s1. The number of hydrogen-bond acceptors (Lipinski definition) is 5. The molecule has 24 heavy (non-hydrogen) atoms. The van der Waals surface area contributed by atoms with Crippen LogP contribution in [0, 0.1) is 0 Å². The molecule has 5 heteroatoms. The molecule has 0 saturated heterocycles. The molecule has 0 radical (unpaired) electrons. The Balaban J connectivity index is 1.80. The van der Waals surface area contributed by atoms with Crippen LogP contribution in [0.25, 0.3) is 10.2 Å². The number of aryl methyl sites for hydroxylation is 1. The summed E-state index contributed by atoms with van der Waals surface area (Å²) in [7, 11) is 1.63. The number of hydrogen-bond donors (Lipinski definition) is 1. The highest BCUT2D eigenvalue weighted by atomic mass is 32.1. The Bertz CT molecular complexity index is 803. The standard InChI is InChI=1S/C19H21NO3S/c1-19(2,21)11-10-13-8-9-15(16(12-13)22-3)23-18-20-14-6-4-5-7-17(14)24-18/h4-9,12,21H,10-11H2,1-3H3. The molecule has 0 aliphatic rings. The Morgan fingerprint density at radius 2 is 1.92 bits per heavy atom. The van der Waals surface area contributed by atoms with Gasteiger partial charge in [0.05, 0.1) is 22.9 Å². The van der Waals surface area contributed by atoms with Crippen molar-refractivity contribution in [3.63, 3.8) is 0 Å². The molecular formula is C19H21NO3S. The maximum absolute atomic E-state index is 9.86. The molecule has 0 aliphatic carbocycles. The molecule has 4 nitrogen and oxygen atoms in total. The second kappa shape index (κ2) is 6.79. The van der Waals surface area contributed by atoms with Crippen molar-refractivity contribution in [1.82, 2.24) is 4.98 Å². The predicted octanol–water partition coefficient (Wildman–Crippen LogP) is 4.80. The molecule has 0 bridgehead atoms. The normalized spacial score (nSPS) is 11.7. The third-order valence-corrected chi connectivity index (χ3v) is 4.64. The number of benzene rings is 2. The molecule has 1 aromatic heterocycles.